The fourth-order valence-electron chi connectivity index (χ4n) is 1.66. The molecule has 0 unspecified atom stereocenters. The molecule has 0 aromatic heterocycles. The third-order valence-corrected chi connectivity index (χ3v) is 2.60. The van der Waals surface area contributed by atoms with Gasteiger partial charge in [0.2, 0.25) is 0 Å². The zero-order valence-electron chi connectivity index (χ0n) is 12.3. The van der Waals surface area contributed by atoms with E-state index in [0.29, 0.717) is 19.6 Å². The van der Waals surface area contributed by atoms with Crippen LogP contribution in [0.2, 0.25) is 0 Å². The fourth-order valence-corrected chi connectivity index (χ4v) is 1.66. The summed E-state index contributed by atoms with van der Waals surface area (Å²) in [4.78, 5) is 22.6. The average molecular weight is 305 g/mol. The van der Waals surface area contributed by atoms with Crippen LogP contribution >= 0.6 is 0 Å². The Bertz CT molecular complexity index is 275. The molecule has 0 aliphatic rings. The molecule has 0 atom stereocenters. The maximum Gasteiger partial charge on any atom is 0.317 e. The van der Waals surface area contributed by atoms with Crippen LogP contribution in [0, 0.1) is 0 Å². The minimum absolute atomic E-state index is 0.265. The second-order valence-corrected chi connectivity index (χ2v) is 4.54. The van der Waals surface area contributed by atoms with Gasteiger partial charge in [0.25, 0.3) is 0 Å². The number of aliphatic carboxylic acids is 2. The van der Waals surface area contributed by atoms with Gasteiger partial charge < -0.3 is 31.9 Å². The largest absolute Gasteiger partial charge is 0.480 e. The Morgan fingerprint density at radius 2 is 1.24 bits per heavy atom. The van der Waals surface area contributed by atoms with Crippen molar-refractivity contribution in [2.24, 2.45) is 5.73 Å². The number of nitrogens with two attached hydrogens (primary N) is 1. The highest BCUT2D eigenvalue weighted by atomic mass is 16.4. The topological polar surface area (TPSA) is 140 Å². The maximum absolute atomic E-state index is 10.6. The minimum Gasteiger partial charge on any atom is -0.480 e. The Kier molecular flexibility index (Phi) is 12.9. The number of carbonyl (C=O) groups is 2. The normalized spacial score (nSPS) is 11.0. The van der Waals surface area contributed by atoms with E-state index < -0.39 is 11.9 Å². The predicted molar refractivity (Wildman–Crippen MR) is 79.4 cm³/mol. The van der Waals surface area contributed by atoms with Gasteiger partial charge >= 0.3 is 11.9 Å². The molecule has 0 aromatic carbocycles. The molecule has 0 saturated heterocycles. The number of nitrogens with zero attached hydrogens (tertiary/aromatic N) is 1. The summed E-state index contributed by atoms with van der Waals surface area (Å²) >= 11 is 0. The molecule has 124 valence electrons. The van der Waals surface area contributed by atoms with E-state index >= 15 is 0 Å². The van der Waals surface area contributed by atoms with Crippen LogP contribution in [0.15, 0.2) is 0 Å². The lowest BCUT2D eigenvalue weighted by Gasteiger charge is -2.18. The zero-order chi connectivity index (χ0) is 15.9. The molecule has 7 N–H and O–H groups in total. The van der Waals surface area contributed by atoms with Gasteiger partial charge in [0.1, 0.15) is 0 Å². The molecule has 0 rings (SSSR count). The first-order valence-corrected chi connectivity index (χ1v) is 7.04. The molecule has 0 aromatic rings. The van der Waals surface area contributed by atoms with Gasteiger partial charge in [-0.15, -0.1) is 0 Å². The van der Waals surface area contributed by atoms with Crippen LogP contribution < -0.4 is 21.7 Å². The van der Waals surface area contributed by atoms with Crippen molar-refractivity contribution in [3.63, 3.8) is 0 Å². The summed E-state index contributed by atoms with van der Waals surface area (Å²) in [6.07, 6.45) is 0. The van der Waals surface area contributed by atoms with E-state index in [1.54, 1.807) is 0 Å². The van der Waals surface area contributed by atoms with Crippen LogP contribution in [-0.4, -0.2) is 92.5 Å². The molecular weight excluding hydrogens is 278 g/mol. The molecular formula is C12H27N5O4. The van der Waals surface area contributed by atoms with Gasteiger partial charge in [-0.25, -0.2) is 0 Å². The lowest BCUT2D eigenvalue weighted by molar-refractivity contribution is -0.141. The summed E-state index contributed by atoms with van der Waals surface area (Å²) in [5, 5.41) is 26.9. The number of hydrogen-bond acceptors (Lipinski definition) is 7. The smallest absolute Gasteiger partial charge is 0.317 e. The summed E-state index contributed by atoms with van der Waals surface area (Å²) < 4.78 is 0. The van der Waals surface area contributed by atoms with E-state index in [-0.39, 0.29) is 13.1 Å². The van der Waals surface area contributed by atoms with Crippen molar-refractivity contribution >= 4 is 11.9 Å². The van der Waals surface area contributed by atoms with E-state index in [1.807, 2.05) is 0 Å². The SMILES string of the molecule is NCCNCCNCCNCCN(CC(=O)O)CC(=O)O. The standard InChI is InChI=1S/C12H27N5O4/c13-1-2-14-3-4-15-5-6-16-7-8-17(9-11(18)19)10-12(20)21/h14-16H,1-10,13H2,(H,18,19)(H,20,21). The Balaban J connectivity index is 3.48. The molecule has 0 amide bonds. The number of hydrogen-bond donors (Lipinski definition) is 6. The Morgan fingerprint density at radius 1 is 0.810 bits per heavy atom. The molecule has 9 nitrogen and oxygen atoms in total. The molecule has 0 aliphatic heterocycles. The Morgan fingerprint density at radius 3 is 1.67 bits per heavy atom. The van der Waals surface area contributed by atoms with Gasteiger partial charge in [-0.05, 0) is 0 Å². The lowest BCUT2D eigenvalue weighted by atomic mass is 10.4. The molecule has 0 saturated carbocycles. The van der Waals surface area contributed by atoms with Gasteiger partial charge in [0.05, 0.1) is 13.1 Å². The molecule has 9 heteroatoms. The molecule has 21 heavy (non-hydrogen) atoms. The van der Waals surface area contributed by atoms with E-state index in [2.05, 4.69) is 16.0 Å². The van der Waals surface area contributed by atoms with Gasteiger partial charge in [0, 0.05) is 52.4 Å². The van der Waals surface area contributed by atoms with Crippen molar-refractivity contribution in [1.29, 1.82) is 0 Å². The van der Waals surface area contributed by atoms with Crippen molar-refractivity contribution in [1.82, 2.24) is 20.9 Å². The second kappa shape index (κ2) is 13.7. The van der Waals surface area contributed by atoms with Crippen LogP contribution in [0.4, 0.5) is 0 Å². The van der Waals surface area contributed by atoms with Crippen molar-refractivity contribution in [2.75, 3.05) is 65.4 Å². The highest BCUT2D eigenvalue weighted by Gasteiger charge is 2.12. The maximum atomic E-state index is 10.6. The number of rotatable bonds is 15. The molecule has 0 heterocycles. The Labute approximate surface area is 124 Å². The first-order chi connectivity index (χ1) is 10.1. The summed E-state index contributed by atoms with van der Waals surface area (Å²) in [7, 11) is 0. The van der Waals surface area contributed by atoms with Crippen LogP contribution in [-0.2, 0) is 9.59 Å². The van der Waals surface area contributed by atoms with Crippen LogP contribution in [0.3, 0.4) is 0 Å². The number of carboxylic acids is 2. The minimum atomic E-state index is -1.03. The molecule has 0 spiro atoms. The molecule has 0 radical (unpaired) electrons. The van der Waals surface area contributed by atoms with Gasteiger partial charge in [-0.2, -0.15) is 0 Å². The monoisotopic (exact) mass is 305 g/mol. The molecule has 0 fully saturated rings. The van der Waals surface area contributed by atoms with E-state index in [1.165, 1.54) is 4.90 Å². The van der Waals surface area contributed by atoms with E-state index in [4.69, 9.17) is 15.9 Å². The summed E-state index contributed by atoms with van der Waals surface area (Å²) in [5.74, 6) is -2.05. The van der Waals surface area contributed by atoms with E-state index in [9.17, 15) is 9.59 Å². The van der Waals surface area contributed by atoms with Crippen molar-refractivity contribution in [2.45, 2.75) is 0 Å². The van der Waals surface area contributed by atoms with Gasteiger partial charge in [-0.1, -0.05) is 0 Å². The van der Waals surface area contributed by atoms with Crippen LogP contribution in [0.25, 0.3) is 0 Å². The average Bonchev–Trinajstić information content (AvgIpc) is 2.39. The first-order valence-electron chi connectivity index (χ1n) is 7.04. The second-order valence-electron chi connectivity index (χ2n) is 4.54. The third kappa shape index (κ3) is 15.0. The van der Waals surface area contributed by atoms with Crippen molar-refractivity contribution in [3.05, 3.63) is 0 Å². The highest BCUT2D eigenvalue weighted by Crippen LogP contribution is 1.87. The number of carboxylic acid groups (broad SMARTS) is 2. The van der Waals surface area contributed by atoms with Gasteiger partial charge in [0.15, 0.2) is 0 Å². The summed E-state index contributed by atoms with van der Waals surface area (Å²) in [6, 6.07) is 0. The fraction of sp³-hybridized carbons (Fsp3) is 0.833. The quantitative estimate of drug-likeness (QED) is 0.177. The summed E-state index contributed by atoms with van der Waals surface area (Å²) in [5.41, 5.74) is 5.34. The first kappa shape index (κ1) is 19.7. The summed E-state index contributed by atoms with van der Waals surface area (Å²) in [6.45, 7) is 5.09. The molecule has 0 bridgehead atoms. The van der Waals surface area contributed by atoms with Crippen LogP contribution in [0.1, 0.15) is 0 Å². The van der Waals surface area contributed by atoms with Gasteiger partial charge in [-0.3, -0.25) is 14.5 Å². The van der Waals surface area contributed by atoms with Crippen molar-refractivity contribution in [3.8, 4) is 0 Å². The predicted octanol–water partition coefficient (Wildman–Crippen LogP) is -2.81. The van der Waals surface area contributed by atoms with Crippen LogP contribution in [0.5, 0.6) is 0 Å². The Hall–Kier alpha value is -1.26. The highest BCUT2D eigenvalue weighted by molar-refractivity contribution is 5.72. The zero-order valence-corrected chi connectivity index (χ0v) is 12.3. The van der Waals surface area contributed by atoms with Crippen molar-refractivity contribution < 1.29 is 19.8 Å². The third-order valence-electron chi connectivity index (χ3n) is 2.60. The lowest BCUT2D eigenvalue weighted by Crippen LogP contribution is -2.40. The number of nitrogens with one attached hydrogen (secondary N) is 3. The molecule has 0 aliphatic carbocycles. The van der Waals surface area contributed by atoms with E-state index in [0.717, 1.165) is 32.7 Å².